The van der Waals surface area contributed by atoms with E-state index in [1.807, 2.05) is 35.8 Å². The second-order valence-electron chi connectivity index (χ2n) is 7.10. The second kappa shape index (κ2) is 11.1. The van der Waals surface area contributed by atoms with Crippen LogP contribution in [0.4, 0.5) is 5.69 Å². The van der Waals surface area contributed by atoms with E-state index in [0.717, 1.165) is 17.1 Å². The number of carbonyl (C=O) groups is 1. The van der Waals surface area contributed by atoms with Crippen LogP contribution in [0.2, 0.25) is 0 Å². The summed E-state index contributed by atoms with van der Waals surface area (Å²) in [4.78, 5) is 12.4. The van der Waals surface area contributed by atoms with E-state index >= 15 is 0 Å². The fraction of sp³-hybridized carbons (Fsp3) is 0.217. The van der Waals surface area contributed by atoms with E-state index in [0.29, 0.717) is 18.2 Å². The molecule has 0 saturated heterocycles. The van der Waals surface area contributed by atoms with Gasteiger partial charge in [-0.15, -0.1) is 16.8 Å². The first-order valence-electron chi connectivity index (χ1n) is 10.1. The van der Waals surface area contributed by atoms with Crippen molar-refractivity contribution in [2.24, 2.45) is 5.10 Å². The Hall–Kier alpha value is -3.59. The number of aromatic hydroxyl groups is 1. The van der Waals surface area contributed by atoms with Crippen molar-refractivity contribution in [3.05, 3.63) is 78.1 Å². The molecule has 0 spiro atoms. The van der Waals surface area contributed by atoms with Gasteiger partial charge < -0.3 is 15.0 Å². The summed E-state index contributed by atoms with van der Waals surface area (Å²) in [7, 11) is 0. The second-order valence-corrected chi connectivity index (χ2v) is 8.41. The number of hydrogen-bond acceptors (Lipinski definition) is 7. The molecule has 1 heterocycles. The van der Waals surface area contributed by atoms with Crippen LogP contribution in [0.15, 0.2) is 71.4 Å². The van der Waals surface area contributed by atoms with Gasteiger partial charge in [0, 0.05) is 12.2 Å². The highest BCUT2D eigenvalue weighted by molar-refractivity contribution is 8.00. The maximum atomic E-state index is 12.4. The summed E-state index contributed by atoms with van der Waals surface area (Å²) in [5.41, 5.74) is 5.49. The maximum absolute atomic E-state index is 12.4. The summed E-state index contributed by atoms with van der Waals surface area (Å²) < 4.78 is 1.93. The number of phenolic OH excluding ortho intramolecular Hbond substituents is 1. The number of hydrazone groups is 1. The average Bonchev–Trinajstić information content (AvgIpc) is 3.16. The fourth-order valence-electron chi connectivity index (χ4n) is 2.74. The van der Waals surface area contributed by atoms with E-state index in [-0.39, 0.29) is 11.7 Å². The fourth-order valence-corrected chi connectivity index (χ4v) is 3.61. The van der Waals surface area contributed by atoms with Gasteiger partial charge in [0.25, 0.3) is 5.91 Å². The molecule has 0 aliphatic carbocycles. The van der Waals surface area contributed by atoms with Crippen molar-refractivity contribution in [1.29, 1.82) is 0 Å². The number of rotatable bonds is 10. The Balaban J connectivity index is 1.59. The standard InChI is InChI=1S/C23H26N6O2S/c1-4-13-29-21(15-24-19-9-5-16(2)6-10-19)26-28-23(29)32-17(3)22(31)27-25-14-18-7-11-20(30)12-8-18/h4-12,14,17,24,30H,1,13,15H2,2-3H3,(H,27,31). The molecule has 1 amide bonds. The van der Waals surface area contributed by atoms with Crippen LogP contribution >= 0.6 is 11.8 Å². The molecule has 32 heavy (non-hydrogen) atoms. The van der Waals surface area contributed by atoms with Crippen molar-refractivity contribution < 1.29 is 9.90 Å². The van der Waals surface area contributed by atoms with Crippen LogP contribution in [0, 0.1) is 6.92 Å². The van der Waals surface area contributed by atoms with Gasteiger partial charge in [-0.1, -0.05) is 35.5 Å². The molecule has 166 valence electrons. The van der Waals surface area contributed by atoms with Crippen LogP contribution in [0.1, 0.15) is 23.9 Å². The van der Waals surface area contributed by atoms with Crippen molar-refractivity contribution in [1.82, 2.24) is 20.2 Å². The van der Waals surface area contributed by atoms with Gasteiger partial charge >= 0.3 is 0 Å². The molecule has 1 unspecified atom stereocenters. The number of thioether (sulfide) groups is 1. The van der Waals surface area contributed by atoms with E-state index in [2.05, 4.69) is 32.6 Å². The lowest BCUT2D eigenvalue weighted by Crippen LogP contribution is -2.27. The zero-order chi connectivity index (χ0) is 22.9. The van der Waals surface area contributed by atoms with Gasteiger partial charge in [-0.3, -0.25) is 4.79 Å². The zero-order valence-corrected chi connectivity index (χ0v) is 18.8. The molecule has 2 aromatic carbocycles. The minimum atomic E-state index is -0.433. The number of aromatic nitrogens is 3. The van der Waals surface area contributed by atoms with Crippen molar-refractivity contribution >= 4 is 29.6 Å². The zero-order valence-electron chi connectivity index (χ0n) is 18.0. The molecule has 3 rings (SSSR count). The Bertz CT molecular complexity index is 1080. The number of amides is 1. The predicted molar refractivity (Wildman–Crippen MR) is 128 cm³/mol. The number of anilines is 1. The summed E-state index contributed by atoms with van der Waals surface area (Å²) in [6.07, 6.45) is 3.29. The lowest BCUT2D eigenvalue weighted by Gasteiger charge is -2.12. The Kier molecular flexibility index (Phi) is 8.04. The van der Waals surface area contributed by atoms with E-state index in [4.69, 9.17) is 0 Å². The van der Waals surface area contributed by atoms with Crippen LogP contribution in [0.5, 0.6) is 5.75 Å². The molecule has 0 radical (unpaired) electrons. The Labute approximate surface area is 191 Å². The van der Waals surface area contributed by atoms with Crippen molar-refractivity contribution in [2.45, 2.75) is 37.3 Å². The summed E-state index contributed by atoms with van der Waals surface area (Å²) in [6, 6.07) is 14.6. The highest BCUT2D eigenvalue weighted by atomic mass is 32.2. The topological polar surface area (TPSA) is 104 Å². The van der Waals surface area contributed by atoms with Crippen molar-refractivity contribution in [3.8, 4) is 5.75 Å². The third-order valence-electron chi connectivity index (χ3n) is 4.54. The molecule has 0 bridgehead atoms. The highest BCUT2D eigenvalue weighted by Gasteiger charge is 2.19. The van der Waals surface area contributed by atoms with Crippen LogP contribution in [-0.4, -0.2) is 37.2 Å². The Morgan fingerprint density at radius 1 is 1.22 bits per heavy atom. The normalized spacial score (nSPS) is 11.9. The number of hydrogen-bond donors (Lipinski definition) is 3. The molecule has 0 saturated carbocycles. The molecular formula is C23H26N6O2S. The molecule has 9 heteroatoms. The quantitative estimate of drug-likeness (QED) is 0.188. The first kappa shape index (κ1) is 23.1. The number of aryl methyl sites for hydroxylation is 1. The molecular weight excluding hydrogens is 424 g/mol. The summed E-state index contributed by atoms with van der Waals surface area (Å²) >= 11 is 1.31. The van der Waals surface area contributed by atoms with E-state index in [9.17, 15) is 9.90 Å². The van der Waals surface area contributed by atoms with Gasteiger partial charge in [0.2, 0.25) is 0 Å². The van der Waals surface area contributed by atoms with Gasteiger partial charge in [0.1, 0.15) is 5.75 Å². The van der Waals surface area contributed by atoms with Gasteiger partial charge in [0.05, 0.1) is 18.0 Å². The monoisotopic (exact) mass is 450 g/mol. The minimum absolute atomic E-state index is 0.174. The van der Waals surface area contributed by atoms with Crippen LogP contribution in [-0.2, 0) is 17.9 Å². The smallest absolute Gasteiger partial charge is 0.253 e. The van der Waals surface area contributed by atoms with Crippen LogP contribution in [0.3, 0.4) is 0 Å². The van der Waals surface area contributed by atoms with Crippen molar-refractivity contribution in [3.63, 3.8) is 0 Å². The SMILES string of the molecule is C=CCn1c(CNc2ccc(C)cc2)nnc1SC(C)C(=O)NN=Cc1ccc(O)cc1. The predicted octanol–water partition coefficient (Wildman–Crippen LogP) is 3.72. The molecule has 0 aliphatic rings. The molecule has 1 atom stereocenters. The van der Waals surface area contributed by atoms with Gasteiger partial charge in [0.15, 0.2) is 11.0 Å². The lowest BCUT2D eigenvalue weighted by molar-refractivity contribution is -0.120. The van der Waals surface area contributed by atoms with E-state index in [1.54, 1.807) is 37.3 Å². The van der Waals surface area contributed by atoms with Crippen LogP contribution in [0.25, 0.3) is 0 Å². The molecule has 1 aromatic heterocycles. The first-order chi connectivity index (χ1) is 15.5. The molecule has 3 N–H and O–H groups in total. The van der Waals surface area contributed by atoms with Gasteiger partial charge in [-0.25, -0.2) is 5.43 Å². The summed E-state index contributed by atoms with van der Waals surface area (Å²) in [6.45, 7) is 8.68. The highest BCUT2D eigenvalue weighted by Crippen LogP contribution is 2.23. The molecule has 3 aromatic rings. The van der Waals surface area contributed by atoms with Crippen molar-refractivity contribution in [2.75, 3.05) is 5.32 Å². The number of allylic oxidation sites excluding steroid dienone is 1. The Morgan fingerprint density at radius 3 is 2.62 bits per heavy atom. The van der Waals surface area contributed by atoms with Gasteiger partial charge in [-0.05, 0) is 55.8 Å². The number of nitrogens with zero attached hydrogens (tertiary/aromatic N) is 4. The largest absolute Gasteiger partial charge is 0.508 e. The third kappa shape index (κ3) is 6.45. The third-order valence-corrected chi connectivity index (χ3v) is 5.62. The number of phenols is 1. The summed E-state index contributed by atoms with van der Waals surface area (Å²) in [5, 5.41) is 25.4. The van der Waals surface area contributed by atoms with Crippen LogP contribution < -0.4 is 10.7 Å². The number of nitrogens with one attached hydrogen (secondary N) is 2. The Morgan fingerprint density at radius 2 is 1.94 bits per heavy atom. The van der Waals surface area contributed by atoms with E-state index in [1.165, 1.54) is 23.5 Å². The average molecular weight is 451 g/mol. The molecule has 8 nitrogen and oxygen atoms in total. The summed E-state index contributed by atoms with van der Waals surface area (Å²) in [5.74, 6) is 0.678. The van der Waals surface area contributed by atoms with E-state index < -0.39 is 5.25 Å². The first-order valence-corrected chi connectivity index (χ1v) is 11.0. The lowest BCUT2D eigenvalue weighted by atomic mass is 10.2. The van der Waals surface area contributed by atoms with Gasteiger partial charge in [-0.2, -0.15) is 5.10 Å². The minimum Gasteiger partial charge on any atom is -0.508 e. The molecule has 0 fully saturated rings. The number of carbonyl (C=O) groups excluding carboxylic acids is 1. The number of benzene rings is 2. The molecule has 0 aliphatic heterocycles. The maximum Gasteiger partial charge on any atom is 0.253 e.